The summed E-state index contributed by atoms with van der Waals surface area (Å²) in [5.41, 5.74) is 1.13. The number of ether oxygens (including phenoxy) is 2. The van der Waals surface area contributed by atoms with Gasteiger partial charge in [0.2, 0.25) is 5.89 Å². The summed E-state index contributed by atoms with van der Waals surface area (Å²) in [4.78, 5) is 15.7. The number of nitrogens with one attached hydrogen (secondary N) is 1. The van der Waals surface area contributed by atoms with E-state index in [9.17, 15) is 4.79 Å². The highest BCUT2D eigenvalue weighted by atomic mass is 16.5. The molecule has 0 bridgehead atoms. The van der Waals surface area contributed by atoms with Crippen LogP contribution in [0.3, 0.4) is 0 Å². The molecule has 0 amide bonds. The molecule has 0 aliphatic heterocycles. The third kappa shape index (κ3) is 4.98. The molecule has 134 valence electrons. The van der Waals surface area contributed by atoms with E-state index >= 15 is 0 Å². The molecule has 0 spiro atoms. The minimum Gasteiger partial charge on any atom is -0.490 e. The Bertz CT molecular complexity index is 675. The third-order valence-corrected chi connectivity index (χ3v) is 4.19. The summed E-state index contributed by atoms with van der Waals surface area (Å²) in [5, 5.41) is 3.21. The van der Waals surface area contributed by atoms with Gasteiger partial charge in [0.1, 0.15) is 12.0 Å². The van der Waals surface area contributed by atoms with Crippen LogP contribution in [0.25, 0.3) is 0 Å². The van der Waals surface area contributed by atoms with Crippen molar-refractivity contribution >= 4 is 11.7 Å². The molecule has 1 saturated carbocycles. The van der Waals surface area contributed by atoms with Crippen LogP contribution in [-0.2, 0) is 11.3 Å². The van der Waals surface area contributed by atoms with Crippen LogP contribution in [0.1, 0.15) is 55.4 Å². The average molecular weight is 344 g/mol. The van der Waals surface area contributed by atoms with Crippen LogP contribution >= 0.6 is 0 Å². The fourth-order valence-corrected chi connectivity index (χ4v) is 2.90. The van der Waals surface area contributed by atoms with Crippen LogP contribution in [-0.4, -0.2) is 23.7 Å². The summed E-state index contributed by atoms with van der Waals surface area (Å²) < 4.78 is 16.2. The summed E-state index contributed by atoms with van der Waals surface area (Å²) in [6, 6.07) is 7.87. The molecule has 3 rings (SSSR count). The lowest BCUT2D eigenvalue weighted by Gasteiger charge is -2.23. The van der Waals surface area contributed by atoms with Crippen LogP contribution in [0.4, 0.5) is 5.69 Å². The lowest BCUT2D eigenvalue weighted by molar-refractivity contribution is 0.0519. The number of oxazole rings is 1. The second-order valence-corrected chi connectivity index (χ2v) is 6.10. The van der Waals surface area contributed by atoms with E-state index < -0.39 is 5.97 Å². The molecular formula is C19H24N2O4. The van der Waals surface area contributed by atoms with E-state index in [4.69, 9.17) is 13.9 Å². The number of hydrogen-bond acceptors (Lipinski definition) is 6. The zero-order chi connectivity index (χ0) is 17.5. The molecule has 1 aromatic heterocycles. The van der Waals surface area contributed by atoms with Crippen LogP contribution < -0.4 is 10.1 Å². The predicted octanol–water partition coefficient (Wildman–Crippen LogP) is 4.17. The molecule has 1 aliphatic carbocycles. The quantitative estimate of drug-likeness (QED) is 0.760. The molecule has 25 heavy (non-hydrogen) atoms. The molecule has 6 heteroatoms. The van der Waals surface area contributed by atoms with Crippen molar-refractivity contribution in [2.45, 2.75) is 51.7 Å². The minimum atomic E-state index is -0.471. The molecule has 1 aromatic carbocycles. The van der Waals surface area contributed by atoms with Crippen molar-refractivity contribution in [3.8, 4) is 5.75 Å². The number of rotatable bonds is 7. The molecule has 1 fully saturated rings. The fourth-order valence-electron chi connectivity index (χ4n) is 2.90. The molecular weight excluding hydrogens is 320 g/mol. The lowest BCUT2D eigenvalue weighted by atomic mass is 9.98. The van der Waals surface area contributed by atoms with Crippen LogP contribution in [0, 0.1) is 0 Å². The highest BCUT2D eigenvalue weighted by molar-refractivity contribution is 5.86. The number of nitrogens with zero attached hydrogens (tertiary/aromatic N) is 1. The van der Waals surface area contributed by atoms with Gasteiger partial charge in [-0.2, -0.15) is 0 Å². The van der Waals surface area contributed by atoms with Crippen LogP contribution in [0.2, 0.25) is 0 Å². The topological polar surface area (TPSA) is 73.6 Å². The van der Waals surface area contributed by atoms with Gasteiger partial charge in [-0.25, -0.2) is 9.78 Å². The molecule has 6 nitrogen and oxygen atoms in total. The van der Waals surface area contributed by atoms with Crippen LogP contribution in [0.15, 0.2) is 34.9 Å². The second kappa shape index (κ2) is 8.55. The normalized spacial score (nSPS) is 14.9. The lowest BCUT2D eigenvalue weighted by Crippen LogP contribution is -2.19. The number of carbonyl (C=O) groups excluding carboxylic acids is 1. The van der Waals surface area contributed by atoms with Crippen molar-refractivity contribution in [1.29, 1.82) is 0 Å². The molecule has 1 aliphatic rings. The van der Waals surface area contributed by atoms with Gasteiger partial charge in [0.05, 0.1) is 19.3 Å². The van der Waals surface area contributed by atoms with E-state index in [1.165, 1.54) is 25.5 Å². The van der Waals surface area contributed by atoms with Crippen molar-refractivity contribution in [2.24, 2.45) is 0 Å². The molecule has 1 heterocycles. The van der Waals surface area contributed by atoms with E-state index in [1.807, 2.05) is 24.3 Å². The highest BCUT2D eigenvalue weighted by Crippen LogP contribution is 2.24. The summed E-state index contributed by atoms with van der Waals surface area (Å²) in [6.07, 6.45) is 7.79. The van der Waals surface area contributed by atoms with Gasteiger partial charge in [-0.3, -0.25) is 0 Å². The highest BCUT2D eigenvalue weighted by Gasteiger charge is 2.15. The molecule has 2 aromatic rings. The minimum absolute atomic E-state index is 0.190. The Balaban J connectivity index is 1.49. The van der Waals surface area contributed by atoms with Gasteiger partial charge in [-0.05, 0) is 56.9 Å². The first-order valence-electron chi connectivity index (χ1n) is 8.86. The molecule has 0 radical (unpaired) electrons. The van der Waals surface area contributed by atoms with Gasteiger partial charge >= 0.3 is 5.97 Å². The van der Waals surface area contributed by atoms with Crippen molar-refractivity contribution in [3.05, 3.63) is 42.1 Å². The van der Waals surface area contributed by atoms with E-state index in [0.717, 1.165) is 24.3 Å². The average Bonchev–Trinajstić information content (AvgIpc) is 3.11. The zero-order valence-corrected chi connectivity index (χ0v) is 14.5. The van der Waals surface area contributed by atoms with Gasteiger partial charge in [0.25, 0.3) is 0 Å². The Labute approximate surface area is 147 Å². The SMILES string of the molecule is CCOC(=O)c1coc(CNc2ccc(OC3CCCCC3)cc2)n1. The van der Waals surface area contributed by atoms with Crippen molar-refractivity contribution in [2.75, 3.05) is 11.9 Å². The maximum atomic E-state index is 11.6. The molecule has 0 atom stereocenters. The van der Waals surface area contributed by atoms with Gasteiger partial charge in [0, 0.05) is 5.69 Å². The third-order valence-electron chi connectivity index (χ3n) is 4.19. The zero-order valence-electron chi connectivity index (χ0n) is 14.5. The van der Waals surface area contributed by atoms with Crippen molar-refractivity contribution in [1.82, 2.24) is 4.98 Å². The first-order chi connectivity index (χ1) is 12.2. The Morgan fingerprint density at radius 3 is 2.72 bits per heavy atom. The van der Waals surface area contributed by atoms with E-state index in [2.05, 4.69) is 10.3 Å². The summed E-state index contributed by atoms with van der Waals surface area (Å²) in [6.45, 7) is 2.46. The Kier molecular flexibility index (Phi) is 5.93. The monoisotopic (exact) mass is 344 g/mol. The van der Waals surface area contributed by atoms with Gasteiger partial charge in [-0.1, -0.05) is 6.42 Å². The van der Waals surface area contributed by atoms with Crippen molar-refractivity contribution in [3.63, 3.8) is 0 Å². The van der Waals surface area contributed by atoms with Crippen LogP contribution in [0.5, 0.6) is 5.75 Å². The van der Waals surface area contributed by atoms with Gasteiger partial charge < -0.3 is 19.2 Å². The fraction of sp³-hybridized carbons (Fsp3) is 0.474. The maximum absolute atomic E-state index is 11.6. The Morgan fingerprint density at radius 2 is 2.00 bits per heavy atom. The van der Waals surface area contributed by atoms with E-state index in [1.54, 1.807) is 6.92 Å². The number of hydrogen-bond donors (Lipinski definition) is 1. The molecule has 0 saturated heterocycles. The van der Waals surface area contributed by atoms with Gasteiger partial charge in [-0.15, -0.1) is 0 Å². The number of carbonyl (C=O) groups is 1. The summed E-state index contributed by atoms with van der Waals surface area (Å²) in [7, 11) is 0. The molecule has 1 N–H and O–H groups in total. The van der Waals surface area contributed by atoms with Gasteiger partial charge in [0.15, 0.2) is 5.69 Å². The first-order valence-corrected chi connectivity index (χ1v) is 8.86. The number of benzene rings is 1. The summed E-state index contributed by atoms with van der Waals surface area (Å²) in [5.74, 6) is 0.866. The maximum Gasteiger partial charge on any atom is 0.360 e. The van der Waals surface area contributed by atoms with E-state index in [0.29, 0.717) is 25.1 Å². The number of anilines is 1. The molecule has 0 unspecified atom stereocenters. The van der Waals surface area contributed by atoms with E-state index in [-0.39, 0.29) is 5.69 Å². The second-order valence-electron chi connectivity index (χ2n) is 6.10. The summed E-state index contributed by atoms with van der Waals surface area (Å²) >= 11 is 0. The predicted molar refractivity (Wildman–Crippen MR) is 93.7 cm³/mol. The largest absolute Gasteiger partial charge is 0.490 e. The van der Waals surface area contributed by atoms with Crippen molar-refractivity contribution < 1.29 is 18.7 Å². The standard InChI is InChI=1S/C19H24N2O4/c1-2-23-19(22)17-13-24-18(21-17)12-20-14-8-10-16(11-9-14)25-15-6-4-3-5-7-15/h8-11,13,15,20H,2-7,12H2,1H3. The Morgan fingerprint density at radius 1 is 1.24 bits per heavy atom. The number of aromatic nitrogens is 1. The number of esters is 1. The Hall–Kier alpha value is -2.50. The smallest absolute Gasteiger partial charge is 0.360 e. The first kappa shape index (κ1) is 17.3.